The Hall–Kier alpha value is -0.640. The molecule has 0 saturated carbocycles. The van der Waals surface area contributed by atoms with Crippen LogP contribution in [0.5, 0.6) is 0 Å². The summed E-state index contributed by atoms with van der Waals surface area (Å²) in [5, 5.41) is 0.998. The number of aryl methyl sites for hydroxylation is 1. The lowest BCUT2D eigenvalue weighted by molar-refractivity contribution is 0.750. The van der Waals surface area contributed by atoms with Gasteiger partial charge in [-0.3, -0.25) is 0 Å². The summed E-state index contributed by atoms with van der Waals surface area (Å²) in [6.07, 6.45) is 0. The minimum atomic E-state index is 0.488. The number of hydrogen-bond acceptors (Lipinski definition) is 4. The number of aromatic nitrogens is 2. The Bertz CT molecular complexity index is 231. The van der Waals surface area contributed by atoms with Crippen molar-refractivity contribution >= 4 is 16.7 Å². The molecular weight excluding hydrogens is 158 g/mol. The van der Waals surface area contributed by atoms with Gasteiger partial charge in [-0.25, -0.2) is 4.98 Å². The van der Waals surface area contributed by atoms with E-state index in [0.29, 0.717) is 6.04 Å². The first kappa shape index (κ1) is 8.46. The van der Waals surface area contributed by atoms with E-state index in [1.54, 1.807) is 0 Å². The minimum Gasteiger partial charge on any atom is -0.347 e. The zero-order chi connectivity index (χ0) is 8.43. The Morgan fingerprint density at radius 3 is 2.45 bits per heavy atom. The average molecular weight is 171 g/mol. The first-order valence-corrected chi connectivity index (χ1v) is 4.41. The molecule has 0 aliphatic heterocycles. The van der Waals surface area contributed by atoms with Gasteiger partial charge in [-0.05, 0) is 20.8 Å². The van der Waals surface area contributed by atoms with E-state index < -0.39 is 0 Å². The molecule has 3 nitrogen and oxygen atoms in total. The first-order valence-electron chi connectivity index (χ1n) is 3.64. The van der Waals surface area contributed by atoms with E-state index >= 15 is 0 Å². The molecule has 11 heavy (non-hydrogen) atoms. The van der Waals surface area contributed by atoms with Gasteiger partial charge in [0.15, 0.2) is 0 Å². The van der Waals surface area contributed by atoms with Crippen molar-refractivity contribution in [2.45, 2.75) is 26.8 Å². The third-order valence-corrected chi connectivity index (χ3v) is 2.49. The van der Waals surface area contributed by atoms with Crippen LogP contribution in [0.15, 0.2) is 0 Å². The van der Waals surface area contributed by atoms with E-state index in [1.165, 1.54) is 11.5 Å². The van der Waals surface area contributed by atoms with Gasteiger partial charge in [0.05, 0.1) is 0 Å². The highest BCUT2D eigenvalue weighted by Gasteiger charge is 2.08. The Labute approximate surface area is 71.2 Å². The third-order valence-electron chi connectivity index (χ3n) is 1.59. The molecule has 0 unspecified atom stereocenters. The van der Waals surface area contributed by atoms with Crippen LogP contribution in [-0.4, -0.2) is 22.4 Å². The summed E-state index contributed by atoms with van der Waals surface area (Å²) in [7, 11) is 2.03. The predicted molar refractivity (Wildman–Crippen MR) is 48.2 cm³/mol. The molecule has 0 N–H and O–H groups in total. The largest absolute Gasteiger partial charge is 0.347 e. The number of hydrogen-bond donors (Lipinski definition) is 0. The monoisotopic (exact) mass is 171 g/mol. The fraction of sp³-hybridized carbons (Fsp3) is 0.714. The second-order valence-electron chi connectivity index (χ2n) is 2.83. The molecule has 1 aromatic heterocycles. The second-order valence-corrected chi connectivity index (χ2v) is 3.56. The highest BCUT2D eigenvalue weighted by molar-refractivity contribution is 7.09. The van der Waals surface area contributed by atoms with E-state index in [1.807, 2.05) is 14.0 Å². The van der Waals surface area contributed by atoms with E-state index in [0.717, 1.165) is 11.0 Å². The van der Waals surface area contributed by atoms with Crippen molar-refractivity contribution in [3.8, 4) is 0 Å². The molecule has 0 fully saturated rings. The Balaban J connectivity index is 2.76. The maximum atomic E-state index is 4.27. The number of nitrogens with zero attached hydrogens (tertiary/aromatic N) is 3. The molecule has 0 aliphatic rings. The topological polar surface area (TPSA) is 29.0 Å². The number of anilines is 1. The van der Waals surface area contributed by atoms with Gasteiger partial charge >= 0.3 is 0 Å². The Kier molecular flexibility index (Phi) is 2.44. The van der Waals surface area contributed by atoms with E-state index in [2.05, 4.69) is 28.1 Å². The molecule has 0 atom stereocenters. The smallest absolute Gasteiger partial charge is 0.205 e. The van der Waals surface area contributed by atoms with E-state index in [-0.39, 0.29) is 0 Å². The van der Waals surface area contributed by atoms with Gasteiger partial charge in [-0.1, -0.05) is 0 Å². The molecule has 0 aliphatic carbocycles. The lowest BCUT2D eigenvalue weighted by atomic mass is 10.4. The van der Waals surface area contributed by atoms with Gasteiger partial charge in [0, 0.05) is 24.6 Å². The second kappa shape index (κ2) is 3.17. The quantitative estimate of drug-likeness (QED) is 0.678. The summed E-state index contributed by atoms with van der Waals surface area (Å²) in [5.41, 5.74) is 0. The molecule has 0 saturated heterocycles. The minimum absolute atomic E-state index is 0.488. The van der Waals surface area contributed by atoms with Crippen molar-refractivity contribution in [1.82, 2.24) is 9.36 Å². The normalized spacial score (nSPS) is 10.6. The standard InChI is InChI=1S/C7H13N3S/c1-5(2)10(4)7-8-6(3)9-11-7/h5H,1-4H3. The van der Waals surface area contributed by atoms with E-state index in [4.69, 9.17) is 0 Å². The maximum Gasteiger partial charge on any atom is 0.205 e. The van der Waals surface area contributed by atoms with Crippen LogP contribution in [0.4, 0.5) is 5.13 Å². The lowest BCUT2D eigenvalue weighted by Crippen LogP contribution is -2.25. The molecule has 62 valence electrons. The molecule has 0 amide bonds. The van der Waals surface area contributed by atoms with Crippen LogP contribution in [0.1, 0.15) is 19.7 Å². The van der Waals surface area contributed by atoms with Gasteiger partial charge in [0.2, 0.25) is 5.13 Å². The SMILES string of the molecule is Cc1nsc(N(C)C(C)C)n1. The summed E-state index contributed by atoms with van der Waals surface area (Å²) in [5.74, 6) is 0.859. The summed E-state index contributed by atoms with van der Waals surface area (Å²) in [4.78, 5) is 6.38. The van der Waals surface area contributed by atoms with Gasteiger partial charge < -0.3 is 4.90 Å². The highest BCUT2D eigenvalue weighted by atomic mass is 32.1. The van der Waals surface area contributed by atoms with Gasteiger partial charge in [0.1, 0.15) is 5.82 Å². The van der Waals surface area contributed by atoms with Gasteiger partial charge in [-0.15, -0.1) is 0 Å². The first-order chi connectivity index (χ1) is 5.11. The fourth-order valence-corrected chi connectivity index (χ4v) is 1.42. The van der Waals surface area contributed by atoms with Crippen molar-refractivity contribution in [2.75, 3.05) is 11.9 Å². The summed E-state index contributed by atoms with van der Waals surface area (Å²) >= 11 is 1.45. The van der Waals surface area contributed by atoms with E-state index in [9.17, 15) is 0 Å². The fourth-order valence-electron chi connectivity index (χ4n) is 0.650. The Morgan fingerprint density at radius 2 is 2.09 bits per heavy atom. The average Bonchev–Trinajstić information content (AvgIpc) is 2.34. The van der Waals surface area contributed by atoms with Crippen molar-refractivity contribution < 1.29 is 0 Å². The van der Waals surface area contributed by atoms with Crippen LogP contribution in [-0.2, 0) is 0 Å². The molecule has 0 radical (unpaired) electrons. The zero-order valence-corrected chi connectivity index (χ0v) is 8.14. The summed E-state index contributed by atoms with van der Waals surface area (Å²) in [6, 6.07) is 0.488. The van der Waals surface area contributed by atoms with Crippen LogP contribution < -0.4 is 4.90 Å². The van der Waals surface area contributed by atoms with Crippen LogP contribution in [0, 0.1) is 6.92 Å². The third kappa shape index (κ3) is 1.89. The molecule has 4 heteroatoms. The predicted octanol–water partition coefficient (Wildman–Crippen LogP) is 1.69. The molecule has 0 aromatic carbocycles. The molecule has 1 heterocycles. The van der Waals surface area contributed by atoms with Gasteiger partial charge in [0.25, 0.3) is 0 Å². The molecule has 1 aromatic rings. The number of rotatable bonds is 2. The molecule has 0 bridgehead atoms. The molecule has 0 spiro atoms. The van der Waals surface area contributed by atoms with Crippen LogP contribution in [0.2, 0.25) is 0 Å². The maximum absolute atomic E-state index is 4.27. The highest BCUT2D eigenvalue weighted by Crippen LogP contribution is 2.16. The zero-order valence-electron chi connectivity index (χ0n) is 7.33. The van der Waals surface area contributed by atoms with Crippen molar-refractivity contribution in [1.29, 1.82) is 0 Å². The van der Waals surface area contributed by atoms with Crippen molar-refractivity contribution in [3.63, 3.8) is 0 Å². The van der Waals surface area contributed by atoms with Crippen molar-refractivity contribution in [2.24, 2.45) is 0 Å². The van der Waals surface area contributed by atoms with Crippen LogP contribution in [0.25, 0.3) is 0 Å². The van der Waals surface area contributed by atoms with Crippen LogP contribution >= 0.6 is 11.5 Å². The summed E-state index contributed by atoms with van der Waals surface area (Å²) in [6.45, 7) is 6.18. The van der Waals surface area contributed by atoms with Crippen molar-refractivity contribution in [3.05, 3.63) is 5.82 Å². The molecule has 1 rings (SSSR count). The lowest BCUT2D eigenvalue weighted by Gasteiger charge is -2.19. The van der Waals surface area contributed by atoms with Gasteiger partial charge in [-0.2, -0.15) is 4.37 Å². The summed E-state index contributed by atoms with van der Waals surface area (Å²) < 4.78 is 4.11. The molecular formula is C7H13N3S. The van der Waals surface area contributed by atoms with Crippen LogP contribution in [0.3, 0.4) is 0 Å². The Morgan fingerprint density at radius 1 is 1.45 bits per heavy atom.